The number of sulfonamides is 1. The molecule has 0 saturated heterocycles. The molecule has 0 fully saturated rings. The highest BCUT2D eigenvalue weighted by atomic mass is 32.2. The summed E-state index contributed by atoms with van der Waals surface area (Å²) in [5, 5.41) is 0. The van der Waals surface area contributed by atoms with Crippen LogP contribution in [0.3, 0.4) is 0 Å². The van der Waals surface area contributed by atoms with Crippen molar-refractivity contribution in [1.29, 1.82) is 0 Å². The van der Waals surface area contributed by atoms with E-state index in [1.54, 1.807) is 49.3 Å². The van der Waals surface area contributed by atoms with E-state index in [4.69, 9.17) is 4.74 Å². The zero-order valence-electron chi connectivity index (χ0n) is 14.9. The number of methoxy groups -OCH3 is 1. The Morgan fingerprint density at radius 3 is 2.73 bits per heavy atom. The van der Waals surface area contributed by atoms with E-state index >= 15 is 0 Å². The number of anilines is 1. The first-order valence-corrected chi connectivity index (χ1v) is 10.0. The minimum atomic E-state index is -3.56. The van der Waals surface area contributed by atoms with Gasteiger partial charge in [0.1, 0.15) is 5.75 Å². The van der Waals surface area contributed by atoms with Gasteiger partial charge in [-0.3, -0.25) is 9.52 Å². The molecule has 7 heteroatoms. The molecule has 26 heavy (non-hydrogen) atoms. The molecule has 2 aromatic rings. The molecule has 2 aromatic carbocycles. The van der Waals surface area contributed by atoms with Crippen LogP contribution in [0.1, 0.15) is 23.6 Å². The minimum absolute atomic E-state index is 0.0275. The molecule has 0 radical (unpaired) electrons. The Hall–Kier alpha value is -2.54. The fourth-order valence-corrected chi connectivity index (χ4v) is 4.26. The van der Waals surface area contributed by atoms with Crippen molar-refractivity contribution in [2.45, 2.75) is 25.6 Å². The van der Waals surface area contributed by atoms with Crippen molar-refractivity contribution in [3.63, 3.8) is 0 Å². The van der Waals surface area contributed by atoms with Crippen molar-refractivity contribution in [2.75, 3.05) is 18.4 Å². The highest BCUT2D eigenvalue weighted by molar-refractivity contribution is 7.91. The molecular weight excluding hydrogens is 352 g/mol. The molecule has 0 saturated carbocycles. The zero-order valence-corrected chi connectivity index (χ0v) is 15.7. The molecule has 0 aromatic heterocycles. The molecule has 1 aliphatic heterocycles. The van der Waals surface area contributed by atoms with Crippen LogP contribution in [-0.2, 0) is 33.5 Å². The third-order valence-corrected chi connectivity index (χ3v) is 5.69. The molecule has 6 nitrogen and oxygen atoms in total. The molecule has 138 valence electrons. The summed E-state index contributed by atoms with van der Waals surface area (Å²) in [7, 11) is -2.01. The summed E-state index contributed by atoms with van der Waals surface area (Å²) in [6.07, 6.45) is 0.783. The maximum atomic E-state index is 12.5. The summed E-state index contributed by atoms with van der Waals surface area (Å²) in [5.74, 6) is 0.511. The van der Waals surface area contributed by atoms with Crippen molar-refractivity contribution < 1.29 is 17.9 Å². The molecular formula is C19H22N2O4S. The second-order valence-electron chi connectivity index (χ2n) is 6.39. The van der Waals surface area contributed by atoms with E-state index in [0.29, 0.717) is 30.1 Å². The van der Waals surface area contributed by atoms with Crippen LogP contribution in [0.4, 0.5) is 5.69 Å². The highest BCUT2D eigenvalue weighted by Gasteiger charge is 2.19. The number of hydrogen-bond donors (Lipinski definition) is 1. The summed E-state index contributed by atoms with van der Waals surface area (Å²) in [5.41, 5.74) is 3.29. The number of nitrogens with one attached hydrogen (secondary N) is 1. The Kier molecular flexibility index (Phi) is 5.18. The molecule has 3 rings (SSSR count). The van der Waals surface area contributed by atoms with Gasteiger partial charge in [-0.2, -0.15) is 0 Å². The molecule has 0 spiro atoms. The first-order valence-electron chi connectivity index (χ1n) is 8.37. The van der Waals surface area contributed by atoms with E-state index in [1.807, 2.05) is 12.1 Å². The Bertz CT molecular complexity index is 925. The van der Waals surface area contributed by atoms with Gasteiger partial charge in [0.15, 0.2) is 0 Å². The number of rotatable bonds is 5. The maximum absolute atomic E-state index is 12.5. The third kappa shape index (κ3) is 4.35. The SMILES string of the molecule is COc1cccc(CS(=O)(=O)Nc2ccc3c(c2)CN(C(C)=O)CC3)c1. The van der Waals surface area contributed by atoms with Gasteiger partial charge in [-0.25, -0.2) is 8.42 Å². The number of benzene rings is 2. The first-order chi connectivity index (χ1) is 12.4. The van der Waals surface area contributed by atoms with Crippen LogP contribution < -0.4 is 9.46 Å². The van der Waals surface area contributed by atoms with E-state index in [-0.39, 0.29) is 11.7 Å². The Balaban J connectivity index is 1.75. The molecule has 1 heterocycles. The number of carbonyl (C=O) groups is 1. The summed E-state index contributed by atoms with van der Waals surface area (Å²) in [4.78, 5) is 13.3. The largest absolute Gasteiger partial charge is 0.497 e. The number of carbonyl (C=O) groups excluding carboxylic acids is 1. The van der Waals surface area contributed by atoms with Gasteiger partial charge in [0, 0.05) is 25.7 Å². The smallest absolute Gasteiger partial charge is 0.236 e. The van der Waals surface area contributed by atoms with Gasteiger partial charge in [0.05, 0.1) is 12.9 Å². The molecule has 0 atom stereocenters. The van der Waals surface area contributed by atoms with Crippen molar-refractivity contribution in [1.82, 2.24) is 4.90 Å². The predicted octanol–water partition coefficient (Wildman–Crippen LogP) is 2.54. The van der Waals surface area contributed by atoms with Crippen LogP contribution in [-0.4, -0.2) is 32.9 Å². The summed E-state index contributed by atoms with van der Waals surface area (Å²) < 4.78 is 32.7. The number of ether oxygens (including phenoxy) is 1. The van der Waals surface area contributed by atoms with Crippen LogP contribution >= 0.6 is 0 Å². The zero-order chi connectivity index (χ0) is 18.7. The van der Waals surface area contributed by atoms with Crippen LogP contribution in [0.25, 0.3) is 0 Å². The van der Waals surface area contributed by atoms with Crippen molar-refractivity contribution in [2.24, 2.45) is 0 Å². The van der Waals surface area contributed by atoms with Gasteiger partial charge < -0.3 is 9.64 Å². The fourth-order valence-electron chi connectivity index (χ4n) is 3.09. The van der Waals surface area contributed by atoms with Gasteiger partial charge >= 0.3 is 0 Å². The fraction of sp³-hybridized carbons (Fsp3) is 0.316. The van der Waals surface area contributed by atoms with Crippen LogP contribution in [0, 0.1) is 0 Å². The predicted molar refractivity (Wildman–Crippen MR) is 100 cm³/mol. The third-order valence-electron chi connectivity index (χ3n) is 4.43. The van der Waals surface area contributed by atoms with Crippen molar-refractivity contribution in [3.8, 4) is 5.75 Å². The molecule has 0 unspecified atom stereocenters. The van der Waals surface area contributed by atoms with E-state index < -0.39 is 10.0 Å². The van der Waals surface area contributed by atoms with E-state index in [2.05, 4.69) is 4.72 Å². The topological polar surface area (TPSA) is 75.7 Å². The quantitative estimate of drug-likeness (QED) is 0.873. The average molecular weight is 374 g/mol. The van der Waals surface area contributed by atoms with Crippen LogP contribution in [0.5, 0.6) is 5.75 Å². The molecule has 0 aliphatic carbocycles. The number of amides is 1. The molecule has 1 amide bonds. The average Bonchev–Trinajstić information content (AvgIpc) is 2.60. The Labute approximate surface area is 153 Å². The molecule has 0 bridgehead atoms. The maximum Gasteiger partial charge on any atom is 0.236 e. The second kappa shape index (κ2) is 7.37. The van der Waals surface area contributed by atoms with E-state index in [9.17, 15) is 13.2 Å². The Morgan fingerprint density at radius 1 is 1.19 bits per heavy atom. The lowest BCUT2D eigenvalue weighted by atomic mass is 9.99. The standard InChI is InChI=1S/C19H22N2O4S/c1-14(22)21-9-8-16-6-7-18(11-17(16)12-21)20-26(23,24)13-15-4-3-5-19(10-15)25-2/h3-7,10-11,20H,8-9,12-13H2,1-2H3. The summed E-state index contributed by atoms with van der Waals surface area (Å²) >= 11 is 0. The first kappa shape index (κ1) is 18.3. The van der Waals surface area contributed by atoms with Gasteiger partial charge in [-0.15, -0.1) is 0 Å². The number of nitrogens with zero attached hydrogens (tertiary/aromatic N) is 1. The molecule has 1 N–H and O–H groups in total. The highest BCUT2D eigenvalue weighted by Crippen LogP contribution is 2.24. The van der Waals surface area contributed by atoms with Gasteiger partial charge in [-0.1, -0.05) is 18.2 Å². The minimum Gasteiger partial charge on any atom is -0.497 e. The van der Waals surface area contributed by atoms with Gasteiger partial charge in [0.25, 0.3) is 0 Å². The lowest BCUT2D eigenvalue weighted by Crippen LogP contribution is -2.34. The van der Waals surface area contributed by atoms with Crippen LogP contribution in [0.15, 0.2) is 42.5 Å². The van der Waals surface area contributed by atoms with E-state index in [1.165, 1.54) is 0 Å². The monoisotopic (exact) mass is 374 g/mol. The van der Waals surface area contributed by atoms with E-state index in [0.717, 1.165) is 17.5 Å². The molecule has 1 aliphatic rings. The number of hydrogen-bond acceptors (Lipinski definition) is 4. The van der Waals surface area contributed by atoms with Crippen molar-refractivity contribution >= 4 is 21.6 Å². The lowest BCUT2D eigenvalue weighted by molar-refractivity contribution is -0.129. The lowest BCUT2D eigenvalue weighted by Gasteiger charge is -2.28. The summed E-state index contributed by atoms with van der Waals surface area (Å²) in [6, 6.07) is 12.5. The van der Waals surface area contributed by atoms with Crippen LogP contribution in [0.2, 0.25) is 0 Å². The van der Waals surface area contributed by atoms with Gasteiger partial charge in [0.2, 0.25) is 15.9 Å². The normalized spacial score (nSPS) is 13.8. The summed E-state index contributed by atoms with van der Waals surface area (Å²) in [6.45, 7) is 2.76. The van der Waals surface area contributed by atoms with Gasteiger partial charge in [-0.05, 0) is 47.4 Å². The van der Waals surface area contributed by atoms with Crippen molar-refractivity contribution in [3.05, 3.63) is 59.2 Å². The number of fused-ring (bicyclic) bond motifs is 1. The Morgan fingerprint density at radius 2 is 2.00 bits per heavy atom. The second-order valence-corrected chi connectivity index (χ2v) is 8.11.